The number of nitrogens with zero attached hydrogens (tertiary/aromatic N) is 3. The Labute approximate surface area is 120 Å². The van der Waals surface area contributed by atoms with Gasteiger partial charge in [0.1, 0.15) is 10.7 Å². The molecule has 0 amide bonds. The zero-order valence-corrected chi connectivity index (χ0v) is 13.2. The van der Waals surface area contributed by atoms with Crippen molar-refractivity contribution >= 4 is 27.4 Å². The Balaban J connectivity index is 3.05. The van der Waals surface area contributed by atoms with Crippen LogP contribution in [0.5, 0.6) is 0 Å². The lowest BCUT2D eigenvalue weighted by Gasteiger charge is -2.27. The van der Waals surface area contributed by atoms with Crippen molar-refractivity contribution in [3.63, 3.8) is 0 Å². The molecular weight excluding hydrogens is 286 g/mol. The Morgan fingerprint density at radius 3 is 2.32 bits per heavy atom. The predicted molar refractivity (Wildman–Crippen MR) is 78.3 cm³/mol. The molecule has 5 nitrogen and oxygen atoms in total. The van der Waals surface area contributed by atoms with Crippen molar-refractivity contribution in [3.8, 4) is 0 Å². The Morgan fingerprint density at radius 1 is 1.32 bits per heavy atom. The Morgan fingerprint density at radius 2 is 1.95 bits per heavy atom. The number of pyridine rings is 1. The summed E-state index contributed by atoms with van der Waals surface area (Å²) in [7, 11) is -0.431. The molecule has 1 aromatic heterocycles. The van der Waals surface area contributed by atoms with Crippen LogP contribution in [0, 0.1) is 0 Å². The molecule has 0 aliphatic carbocycles. The maximum Gasteiger partial charge on any atom is 0.244 e. The summed E-state index contributed by atoms with van der Waals surface area (Å²) in [4.78, 5) is 6.45. The van der Waals surface area contributed by atoms with Crippen molar-refractivity contribution in [1.29, 1.82) is 0 Å². The second-order valence-corrected chi connectivity index (χ2v) is 7.15. The number of hydrogen-bond donors (Lipinski definition) is 0. The second-order valence-electron chi connectivity index (χ2n) is 4.62. The Bertz CT molecular complexity index is 500. The number of hydrogen-bond acceptors (Lipinski definition) is 4. The minimum absolute atomic E-state index is 0.191. The Kier molecular flexibility index (Phi) is 5.58. The van der Waals surface area contributed by atoms with Crippen LogP contribution in [0.25, 0.3) is 0 Å². The quantitative estimate of drug-likeness (QED) is 0.752. The average molecular weight is 306 g/mol. The molecule has 1 aromatic rings. The van der Waals surface area contributed by atoms with E-state index < -0.39 is 10.0 Å². The van der Waals surface area contributed by atoms with Crippen LogP contribution in [-0.4, -0.2) is 50.3 Å². The number of halogens is 1. The first kappa shape index (κ1) is 16.2. The fraction of sp³-hybridized carbons (Fsp3) is 0.583. The van der Waals surface area contributed by atoms with Crippen LogP contribution in [0.4, 0.5) is 5.82 Å². The van der Waals surface area contributed by atoms with E-state index in [1.807, 2.05) is 18.7 Å². The van der Waals surface area contributed by atoms with Gasteiger partial charge in [0.05, 0.1) is 0 Å². The van der Waals surface area contributed by atoms with Gasteiger partial charge in [-0.3, -0.25) is 0 Å². The van der Waals surface area contributed by atoms with E-state index in [9.17, 15) is 8.42 Å². The lowest BCUT2D eigenvalue weighted by molar-refractivity contribution is 0.520. The molecule has 0 saturated heterocycles. The van der Waals surface area contributed by atoms with Crippen LogP contribution in [0.15, 0.2) is 23.2 Å². The molecule has 0 aromatic carbocycles. The molecule has 0 N–H and O–H groups in total. The number of anilines is 1. The summed E-state index contributed by atoms with van der Waals surface area (Å²) in [5.41, 5.74) is 0. The second kappa shape index (κ2) is 6.54. The van der Waals surface area contributed by atoms with E-state index in [1.54, 1.807) is 12.1 Å². The molecule has 0 spiro atoms. The third-order valence-electron chi connectivity index (χ3n) is 2.74. The molecule has 0 atom stereocenters. The number of sulfonamides is 1. The molecule has 1 rings (SSSR count). The first-order chi connectivity index (χ1) is 8.80. The predicted octanol–water partition coefficient (Wildman–Crippen LogP) is 1.79. The number of aromatic nitrogens is 1. The third-order valence-corrected chi connectivity index (χ3v) is 4.71. The van der Waals surface area contributed by atoms with Crippen molar-refractivity contribution in [2.75, 3.05) is 31.4 Å². The van der Waals surface area contributed by atoms with Gasteiger partial charge in [0.25, 0.3) is 0 Å². The summed E-state index contributed by atoms with van der Waals surface area (Å²) in [5, 5.41) is 0. The minimum Gasteiger partial charge on any atom is -0.353 e. The van der Waals surface area contributed by atoms with Gasteiger partial charge in [-0.05, 0) is 26.0 Å². The van der Waals surface area contributed by atoms with E-state index in [0.717, 1.165) is 5.82 Å². The number of alkyl halides is 1. The van der Waals surface area contributed by atoms with Crippen molar-refractivity contribution in [1.82, 2.24) is 9.29 Å². The van der Waals surface area contributed by atoms with Crippen LogP contribution in [-0.2, 0) is 10.0 Å². The van der Waals surface area contributed by atoms with Gasteiger partial charge in [-0.25, -0.2) is 17.7 Å². The van der Waals surface area contributed by atoms with Crippen LogP contribution >= 0.6 is 11.6 Å². The highest BCUT2D eigenvalue weighted by atomic mass is 35.5. The van der Waals surface area contributed by atoms with E-state index in [4.69, 9.17) is 11.6 Å². The summed E-state index contributed by atoms with van der Waals surface area (Å²) in [6, 6.07) is 3.53. The summed E-state index contributed by atoms with van der Waals surface area (Å²) in [6.07, 6.45) is 1.38. The lowest BCUT2D eigenvalue weighted by Crippen LogP contribution is -2.33. The summed E-state index contributed by atoms with van der Waals surface area (Å²) in [6.45, 7) is 4.75. The standard InChI is InChI=1S/C12H20ClN3O2S/c1-10(2)16(8-7-13)12-6-5-11(9-14-12)19(17,18)15(3)4/h5-6,9-10H,7-8H2,1-4H3. The minimum atomic E-state index is -3.43. The smallest absolute Gasteiger partial charge is 0.244 e. The van der Waals surface area contributed by atoms with Crippen molar-refractivity contribution < 1.29 is 8.42 Å². The van der Waals surface area contributed by atoms with Crippen molar-refractivity contribution in [3.05, 3.63) is 18.3 Å². The van der Waals surface area contributed by atoms with E-state index in [2.05, 4.69) is 4.98 Å². The first-order valence-corrected chi connectivity index (χ1v) is 7.99. The van der Waals surface area contributed by atoms with Crippen LogP contribution in [0.3, 0.4) is 0 Å². The topological polar surface area (TPSA) is 53.5 Å². The van der Waals surface area contributed by atoms with Gasteiger partial charge >= 0.3 is 0 Å². The van der Waals surface area contributed by atoms with E-state index in [1.165, 1.54) is 24.6 Å². The SMILES string of the molecule is CC(C)N(CCCl)c1ccc(S(=O)(=O)N(C)C)cn1. The van der Waals surface area contributed by atoms with Gasteiger partial charge in [0.2, 0.25) is 10.0 Å². The Hall–Kier alpha value is -0.850. The average Bonchev–Trinajstić information content (AvgIpc) is 2.35. The van der Waals surface area contributed by atoms with Gasteiger partial charge in [-0.1, -0.05) is 0 Å². The zero-order valence-electron chi connectivity index (χ0n) is 11.7. The largest absolute Gasteiger partial charge is 0.353 e. The van der Waals surface area contributed by atoms with Crippen molar-refractivity contribution in [2.45, 2.75) is 24.8 Å². The molecule has 7 heteroatoms. The van der Waals surface area contributed by atoms with E-state index in [-0.39, 0.29) is 10.9 Å². The van der Waals surface area contributed by atoms with Gasteiger partial charge in [0.15, 0.2) is 0 Å². The molecule has 0 radical (unpaired) electrons. The summed E-state index contributed by atoms with van der Waals surface area (Å²) in [5.74, 6) is 1.23. The van der Waals surface area contributed by atoms with E-state index in [0.29, 0.717) is 12.4 Å². The molecule has 0 aliphatic rings. The molecule has 1 heterocycles. The molecule has 0 saturated carbocycles. The van der Waals surface area contributed by atoms with Crippen molar-refractivity contribution in [2.24, 2.45) is 0 Å². The lowest BCUT2D eigenvalue weighted by atomic mass is 10.3. The fourth-order valence-electron chi connectivity index (χ4n) is 1.63. The summed E-state index contributed by atoms with van der Waals surface area (Å²) < 4.78 is 25.0. The normalized spacial score (nSPS) is 12.2. The van der Waals surface area contributed by atoms with Gasteiger partial charge in [-0.2, -0.15) is 0 Å². The highest BCUT2D eigenvalue weighted by Crippen LogP contribution is 2.18. The van der Waals surface area contributed by atoms with Gasteiger partial charge in [0, 0.05) is 38.8 Å². The molecule has 0 unspecified atom stereocenters. The van der Waals surface area contributed by atoms with Gasteiger partial charge in [-0.15, -0.1) is 11.6 Å². The molecule has 0 bridgehead atoms. The number of rotatable bonds is 6. The molecule has 108 valence electrons. The van der Waals surface area contributed by atoms with E-state index >= 15 is 0 Å². The molecule has 19 heavy (non-hydrogen) atoms. The zero-order chi connectivity index (χ0) is 14.6. The van der Waals surface area contributed by atoms with Crippen LogP contribution in [0.2, 0.25) is 0 Å². The maximum atomic E-state index is 11.9. The monoisotopic (exact) mass is 305 g/mol. The first-order valence-electron chi connectivity index (χ1n) is 6.02. The van der Waals surface area contributed by atoms with Crippen LogP contribution < -0.4 is 4.90 Å². The fourth-order valence-corrected chi connectivity index (χ4v) is 2.66. The maximum absolute atomic E-state index is 11.9. The highest BCUT2D eigenvalue weighted by Gasteiger charge is 2.18. The summed E-state index contributed by atoms with van der Waals surface area (Å²) >= 11 is 5.76. The van der Waals surface area contributed by atoms with Crippen LogP contribution in [0.1, 0.15) is 13.8 Å². The van der Waals surface area contributed by atoms with Gasteiger partial charge < -0.3 is 4.90 Å². The molecular formula is C12H20ClN3O2S. The molecule has 0 aliphatic heterocycles. The molecule has 0 fully saturated rings. The third kappa shape index (κ3) is 3.81. The highest BCUT2D eigenvalue weighted by molar-refractivity contribution is 7.89.